The normalized spacial score (nSPS) is 28.5. The summed E-state index contributed by atoms with van der Waals surface area (Å²) in [7, 11) is 0. The Labute approximate surface area is 76.5 Å². The summed E-state index contributed by atoms with van der Waals surface area (Å²) in [5.74, 6) is 0.988. The second-order valence-corrected chi connectivity index (χ2v) is 3.97. The Kier molecular flexibility index (Phi) is 4.67. The van der Waals surface area contributed by atoms with Crippen molar-refractivity contribution in [2.75, 3.05) is 6.61 Å². The average Bonchev–Trinajstić information content (AvgIpc) is 2.00. The summed E-state index contributed by atoms with van der Waals surface area (Å²) in [6.07, 6.45) is 8.52. The molecule has 0 amide bonds. The van der Waals surface area contributed by atoms with E-state index in [1.54, 1.807) is 0 Å². The molecule has 12 heavy (non-hydrogen) atoms. The van der Waals surface area contributed by atoms with Crippen molar-refractivity contribution in [1.82, 2.24) is 0 Å². The van der Waals surface area contributed by atoms with Crippen LogP contribution in [-0.2, 0) is 4.74 Å². The van der Waals surface area contributed by atoms with Crippen LogP contribution in [0.3, 0.4) is 0 Å². The Morgan fingerprint density at radius 2 is 1.92 bits per heavy atom. The molecule has 1 aliphatic rings. The van der Waals surface area contributed by atoms with Crippen LogP contribution in [0.15, 0.2) is 0 Å². The summed E-state index contributed by atoms with van der Waals surface area (Å²) in [5, 5.41) is 0. The molecule has 0 atom stereocenters. The van der Waals surface area contributed by atoms with Gasteiger partial charge in [0.05, 0.1) is 6.10 Å². The number of hydrogen-bond acceptors (Lipinski definition) is 1. The monoisotopic (exact) mass is 170 g/mol. The van der Waals surface area contributed by atoms with E-state index in [-0.39, 0.29) is 0 Å². The third kappa shape index (κ3) is 3.14. The second kappa shape index (κ2) is 5.58. The summed E-state index contributed by atoms with van der Waals surface area (Å²) in [6, 6.07) is 0. The zero-order valence-corrected chi connectivity index (χ0v) is 8.51. The lowest BCUT2D eigenvalue weighted by molar-refractivity contribution is -0.0334. The predicted octanol–water partition coefficient (Wildman–Crippen LogP) is 3.38. The van der Waals surface area contributed by atoms with Crippen LogP contribution in [0.4, 0.5) is 0 Å². The highest BCUT2D eigenvalue weighted by Crippen LogP contribution is 2.33. The van der Waals surface area contributed by atoms with Crippen LogP contribution in [0, 0.1) is 5.92 Å². The minimum absolute atomic E-state index is 0.619. The van der Waals surface area contributed by atoms with Crippen LogP contribution in [0.5, 0.6) is 0 Å². The lowest BCUT2D eigenvalue weighted by atomic mass is 9.79. The van der Waals surface area contributed by atoms with Gasteiger partial charge in [-0.1, -0.05) is 33.1 Å². The van der Waals surface area contributed by atoms with E-state index in [0.29, 0.717) is 6.10 Å². The van der Waals surface area contributed by atoms with Gasteiger partial charge in [-0.3, -0.25) is 0 Å². The first-order valence-electron chi connectivity index (χ1n) is 5.48. The third-order valence-electron chi connectivity index (χ3n) is 2.74. The van der Waals surface area contributed by atoms with E-state index in [2.05, 4.69) is 13.8 Å². The van der Waals surface area contributed by atoms with Crippen molar-refractivity contribution in [2.45, 2.75) is 58.5 Å². The number of rotatable bonds is 6. The molecule has 0 heterocycles. The summed E-state index contributed by atoms with van der Waals surface area (Å²) >= 11 is 0. The van der Waals surface area contributed by atoms with E-state index >= 15 is 0 Å². The standard InChI is InChI=1S/C11H22O/c1-3-5-7-12-11-8-10(9-11)6-4-2/h10-11H,3-9H2,1-2H3. The highest BCUT2D eigenvalue weighted by Gasteiger charge is 2.28. The van der Waals surface area contributed by atoms with Crippen LogP contribution in [0.1, 0.15) is 52.4 Å². The molecule has 0 bridgehead atoms. The number of hydrogen-bond donors (Lipinski definition) is 0. The van der Waals surface area contributed by atoms with Crippen molar-refractivity contribution in [3.8, 4) is 0 Å². The maximum atomic E-state index is 5.69. The summed E-state index contributed by atoms with van der Waals surface area (Å²) < 4.78 is 5.69. The van der Waals surface area contributed by atoms with E-state index in [1.807, 2.05) is 0 Å². The molecule has 1 nitrogen and oxygen atoms in total. The van der Waals surface area contributed by atoms with Gasteiger partial charge >= 0.3 is 0 Å². The van der Waals surface area contributed by atoms with E-state index in [4.69, 9.17) is 4.74 Å². The van der Waals surface area contributed by atoms with Crippen LogP contribution in [0.2, 0.25) is 0 Å². The maximum Gasteiger partial charge on any atom is 0.0580 e. The van der Waals surface area contributed by atoms with Gasteiger partial charge in [-0.2, -0.15) is 0 Å². The minimum atomic E-state index is 0.619. The van der Waals surface area contributed by atoms with E-state index in [0.717, 1.165) is 12.5 Å². The molecule has 1 aliphatic carbocycles. The molecule has 72 valence electrons. The zero-order valence-electron chi connectivity index (χ0n) is 8.51. The fraction of sp³-hybridized carbons (Fsp3) is 1.00. The zero-order chi connectivity index (χ0) is 8.81. The van der Waals surface area contributed by atoms with Gasteiger partial charge in [0, 0.05) is 6.61 Å². The molecule has 0 aromatic rings. The molecule has 0 radical (unpaired) electrons. The maximum absolute atomic E-state index is 5.69. The highest BCUT2D eigenvalue weighted by atomic mass is 16.5. The molecule has 0 spiro atoms. The van der Waals surface area contributed by atoms with Gasteiger partial charge in [0.2, 0.25) is 0 Å². The Morgan fingerprint density at radius 3 is 2.50 bits per heavy atom. The molecule has 1 heteroatoms. The lowest BCUT2D eigenvalue weighted by Gasteiger charge is -2.35. The molecular weight excluding hydrogens is 148 g/mol. The minimum Gasteiger partial charge on any atom is -0.378 e. The molecule has 0 aromatic heterocycles. The molecule has 0 saturated heterocycles. The van der Waals surface area contributed by atoms with E-state index < -0.39 is 0 Å². The molecule has 1 fully saturated rings. The van der Waals surface area contributed by atoms with Crippen molar-refractivity contribution in [3.63, 3.8) is 0 Å². The molecular formula is C11H22O. The van der Waals surface area contributed by atoms with Crippen LogP contribution < -0.4 is 0 Å². The van der Waals surface area contributed by atoms with Gasteiger partial charge in [-0.15, -0.1) is 0 Å². The van der Waals surface area contributed by atoms with Crippen molar-refractivity contribution in [2.24, 2.45) is 5.92 Å². The Hall–Kier alpha value is -0.0400. The van der Waals surface area contributed by atoms with Crippen molar-refractivity contribution >= 4 is 0 Å². The molecule has 1 saturated carbocycles. The fourth-order valence-electron chi connectivity index (χ4n) is 1.85. The first kappa shape index (κ1) is 10.0. The quantitative estimate of drug-likeness (QED) is 0.555. The smallest absolute Gasteiger partial charge is 0.0580 e. The second-order valence-electron chi connectivity index (χ2n) is 3.97. The Balaban J connectivity index is 1.88. The van der Waals surface area contributed by atoms with E-state index in [9.17, 15) is 0 Å². The van der Waals surface area contributed by atoms with Gasteiger partial charge < -0.3 is 4.74 Å². The van der Waals surface area contributed by atoms with Crippen molar-refractivity contribution < 1.29 is 4.74 Å². The molecule has 0 aromatic carbocycles. The average molecular weight is 170 g/mol. The number of ether oxygens (including phenoxy) is 1. The van der Waals surface area contributed by atoms with Crippen LogP contribution in [0.25, 0.3) is 0 Å². The highest BCUT2D eigenvalue weighted by molar-refractivity contribution is 4.79. The van der Waals surface area contributed by atoms with Gasteiger partial charge in [-0.05, 0) is 25.2 Å². The molecule has 0 unspecified atom stereocenters. The summed E-state index contributed by atoms with van der Waals surface area (Å²) in [5.41, 5.74) is 0. The number of unbranched alkanes of at least 4 members (excludes halogenated alkanes) is 1. The predicted molar refractivity (Wildman–Crippen MR) is 52.3 cm³/mol. The topological polar surface area (TPSA) is 9.23 Å². The van der Waals surface area contributed by atoms with Crippen LogP contribution >= 0.6 is 0 Å². The van der Waals surface area contributed by atoms with Crippen molar-refractivity contribution in [3.05, 3.63) is 0 Å². The van der Waals surface area contributed by atoms with Gasteiger partial charge in [0.15, 0.2) is 0 Å². The molecule has 0 N–H and O–H groups in total. The molecule has 1 rings (SSSR count). The van der Waals surface area contributed by atoms with E-state index in [1.165, 1.54) is 38.5 Å². The third-order valence-corrected chi connectivity index (χ3v) is 2.74. The summed E-state index contributed by atoms with van der Waals surface area (Å²) in [6.45, 7) is 5.47. The van der Waals surface area contributed by atoms with Gasteiger partial charge in [0.1, 0.15) is 0 Å². The Morgan fingerprint density at radius 1 is 1.17 bits per heavy atom. The fourth-order valence-corrected chi connectivity index (χ4v) is 1.85. The Bertz CT molecular complexity index is 103. The molecule has 0 aliphatic heterocycles. The summed E-state index contributed by atoms with van der Waals surface area (Å²) in [4.78, 5) is 0. The largest absolute Gasteiger partial charge is 0.378 e. The first-order valence-corrected chi connectivity index (χ1v) is 5.48. The van der Waals surface area contributed by atoms with Crippen molar-refractivity contribution in [1.29, 1.82) is 0 Å². The van der Waals surface area contributed by atoms with Crippen LogP contribution in [-0.4, -0.2) is 12.7 Å². The van der Waals surface area contributed by atoms with Gasteiger partial charge in [-0.25, -0.2) is 0 Å². The SMILES string of the molecule is CCCCOC1CC(CCC)C1. The lowest BCUT2D eigenvalue weighted by Crippen LogP contribution is -2.31. The first-order chi connectivity index (χ1) is 5.86. The van der Waals surface area contributed by atoms with Gasteiger partial charge in [0.25, 0.3) is 0 Å².